The molecule has 0 spiro atoms. The van der Waals surface area contributed by atoms with Crippen molar-refractivity contribution in [2.75, 3.05) is 11.1 Å². The Morgan fingerprint density at radius 1 is 1.23 bits per heavy atom. The molecule has 0 saturated heterocycles. The first kappa shape index (κ1) is 17.7. The molecule has 0 bridgehead atoms. The fourth-order valence-corrected chi connectivity index (χ4v) is 2.78. The Morgan fingerprint density at radius 3 is 2.58 bits per heavy atom. The van der Waals surface area contributed by atoms with E-state index in [4.69, 9.17) is 5.73 Å². The SMILES string of the molecule is Nc1nc(N[C@H](c2ccccc2)c2ccc(Br)cc2F)ncc1[N+](=O)[O-]. The maximum atomic E-state index is 14.5. The summed E-state index contributed by atoms with van der Waals surface area (Å²) in [6.45, 7) is 0. The minimum atomic E-state index is -0.665. The molecule has 1 atom stereocenters. The number of benzene rings is 2. The van der Waals surface area contributed by atoms with Gasteiger partial charge in [-0.3, -0.25) is 10.1 Å². The van der Waals surface area contributed by atoms with Crippen molar-refractivity contribution in [2.24, 2.45) is 0 Å². The van der Waals surface area contributed by atoms with Crippen molar-refractivity contribution in [3.8, 4) is 0 Å². The second-order valence-corrected chi connectivity index (χ2v) is 6.29. The maximum absolute atomic E-state index is 14.5. The van der Waals surface area contributed by atoms with E-state index in [9.17, 15) is 14.5 Å². The number of nitrogens with zero attached hydrogens (tertiary/aromatic N) is 3. The van der Waals surface area contributed by atoms with Crippen molar-refractivity contribution in [1.29, 1.82) is 0 Å². The highest BCUT2D eigenvalue weighted by Gasteiger charge is 2.21. The number of nitrogen functional groups attached to an aromatic ring is 1. The highest BCUT2D eigenvalue weighted by molar-refractivity contribution is 9.10. The van der Waals surface area contributed by atoms with Crippen LogP contribution in [0.15, 0.2) is 59.2 Å². The third-order valence-electron chi connectivity index (χ3n) is 3.67. The Labute approximate surface area is 156 Å². The lowest BCUT2D eigenvalue weighted by Crippen LogP contribution is -2.16. The summed E-state index contributed by atoms with van der Waals surface area (Å²) in [6, 6.07) is 13.3. The van der Waals surface area contributed by atoms with E-state index in [1.165, 1.54) is 6.07 Å². The normalized spacial score (nSPS) is 11.8. The molecule has 9 heteroatoms. The van der Waals surface area contributed by atoms with Crippen LogP contribution < -0.4 is 11.1 Å². The molecule has 3 N–H and O–H groups in total. The number of nitrogens with one attached hydrogen (secondary N) is 1. The Balaban J connectivity index is 2.02. The van der Waals surface area contributed by atoms with Crippen LogP contribution in [-0.4, -0.2) is 14.9 Å². The maximum Gasteiger partial charge on any atom is 0.329 e. The molecule has 0 aliphatic heterocycles. The van der Waals surface area contributed by atoms with E-state index in [0.29, 0.717) is 10.0 Å². The molecule has 7 nitrogen and oxygen atoms in total. The van der Waals surface area contributed by atoms with Crippen molar-refractivity contribution in [2.45, 2.75) is 6.04 Å². The van der Waals surface area contributed by atoms with E-state index < -0.39 is 16.8 Å². The first-order valence-corrected chi connectivity index (χ1v) is 8.28. The molecule has 0 amide bonds. The average Bonchev–Trinajstić information content (AvgIpc) is 2.61. The number of hydrogen-bond acceptors (Lipinski definition) is 6. The lowest BCUT2D eigenvalue weighted by Gasteiger charge is -2.20. The summed E-state index contributed by atoms with van der Waals surface area (Å²) in [5, 5.41) is 13.8. The summed E-state index contributed by atoms with van der Waals surface area (Å²) in [4.78, 5) is 18.0. The minimum Gasteiger partial charge on any atom is -0.378 e. The third-order valence-corrected chi connectivity index (χ3v) is 4.17. The van der Waals surface area contributed by atoms with E-state index in [1.54, 1.807) is 12.1 Å². The third kappa shape index (κ3) is 3.77. The molecular formula is C17H13BrFN5O2. The molecular weight excluding hydrogens is 405 g/mol. The van der Waals surface area contributed by atoms with Crippen LogP contribution in [0, 0.1) is 15.9 Å². The zero-order valence-corrected chi connectivity index (χ0v) is 14.9. The Morgan fingerprint density at radius 2 is 1.96 bits per heavy atom. The van der Waals surface area contributed by atoms with Crippen LogP contribution in [0.1, 0.15) is 17.2 Å². The molecule has 26 heavy (non-hydrogen) atoms. The molecule has 1 aromatic heterocycles. The van der Waals surface area contributed by atoms with Crippen LogP contribution in [-0.2, 0) is 0 Å². The Bertz CT molecular complexity index is 955. The number of hydrogen-bond donors (Lipinski definition) is 2. The fourth-order valence-electron chi connectivity index (χ4n) is 2.45. The molecule has 0 unspecified atom stereocenters. The minimum absolute atomic E-state index is 0.0595. The van der Waals surface area contributed by atoms with Gasteiger partial charge in [0.15, 0.2) is 0 Å². The van der Waals surface area contributed by atoms with Gasteiger partial charge in [0.1, 0.15) is 12.0 Å². The number of anilines is 2. The Kier molecular flexibility index (Phi) is 5.08. The predicted molar refractivity (Wildman–Crippen MR) is 99.1 cm³/mol. The lowest BCUT2D eigenvalue weighted by atomic mass is 9.98. The van der Waals surface area contributed by atoms with Crippen LogP contribution >= 0.6 is 15.9 Å². The zero-order valence-electron chi connectivity index (χ0n) is 13.3. The van der Waals surface area contributed by atoms with Gasteiger partial charge in [0, 0.05) is 10.0 Å². The van der Waals surface area contributed by atoms with Gasteiger partial charge < -0.3 is 11.1 Å². The summed E-state index contributed by atoms with van der Waals surface area (Å²) >= 11 is 3.23. The van der Waals surface area contributed by atoms with Crippen molar-refractivity contribution < 1.29 is 9.31 Å². The molecule has 2 aromatic carbocycles. The van der Waals surface area contributed by atoms with Gasteiger partial charge in [-0.15, -0.1) is 0 Å². The van der Waals surface area contributed by atoms with E-state index in [0.717, 1.165) is 11.8 Å². The van der Waals surface area contributed by atoms with Crippen LogP contribution in [0.3, 0.4) is 0 Å². The van der Waals surface area contributed by atoms with Gasteiger partial charge in [0.05, 0.1) is 11.0 Å². The quantitative estimate of drug-likeness (QED) is 0.478. The van der Waals surface area contributed by atoms with Gasteiger partial charge in [-0.2, -0.15) is 4.98 Å². The second kappa shape index (κ2) is 7.44. The standard InChI is InChI=1S/C17H13BrFN5O2/c18-11-6-7-12(13(19)8-11)15(10-4-2-1-3-5-10)22-17-21-9-14(24(25)26)16(20)23-17/h1-9,15H,(H3,20,21,22,23)/t15-/m1/s1. The van der Waals surface area contributed by atoms with Gasteiger partial charge in [0.25, 0.3) is 0 Å². The molecule has 3 rings (SSSR count). The van der Waals surface area contributed by atoms with Gasteiger partial charge in [-0.25, -0.2) is 9.37 Å². The molecule has 132 valence electrons. The summed E-state index contributed by atoms with van der Waals surface area (Å²) in [5.74, 6) is -0.629. The van der Waals surface area contributed by atoms with Crippen LogP contribution in [0.4, 0.5) is 21.8 Å². The summed E-state index contributed by atoms with van der Waals surface area (Å²) in [7, 11) is 0. The van der Waals surface area contributed by atoms with E-state index in [1.807, 2.05) is 30.3 Å². The number of rotatable bonds is 5. The molecule has 0 aliphatic rings. The number of nitrogens with two attached hydrogens (primary N) is 1. The fraction of sp³-hybridized carbons (Fsp3) is 0.0588. The summed E-state index contributed by atoms with van der Waals surface area (Å²) in [6.07, 6.45) is 1.02. The smallest absolute Gasteiger partial charge is 0.329 e. The topological polar surface area (TPSA) is 107 Å². The van der Waals surface area contributed by atoms with E-state index >= 15 is 0 Å². The number of halogens is 2. The van der Waals surface area contributed by atoms with E-state index in [-0.39, 0.29) is 17.5 Å². The molecule has 3 aromatic rings. The van der Waals surface area contributed by atoms with Crippen LogP contribution in [0.2, 0.25) is 0 Å². The lowest BCUT2D eigenvalue weighted by molar-refractivity contribution is -0.384. The first-order valence-electron chi connectivity index (χ1n) is 7.49. The molecule has 1 heterocycles. The summed E-state index contributed by atoms with van der Waals surface area (Å²) in [5.41, 5.74) is 6.37. The zero-order chi connectivity index (χ0) is 18.7. The molecule has 0 fully saturated rings. The predicted octanol–water partition coefficient (Wildman–Crippen LogP) is 4.07. The largest absolute Gasteiger partial charge is 0.378 e. The van der Waals surface area contributed by atoms with Gasteiger partial charge in [0.2, 0.25) is 11.8 Å². The van der Waals surface area contributed by atoms with E-state index in [2.05, 4.69) is 31.2 Å². The highest BCUT2D eigenvalue weighted by Crippen LogP contribution is 2.30. The summed E-state index contributed by atoms with van der Waals surface area (Å²) < 4.78 is 15.1. The average molecular weight is 418 g/mol. The second-order valence-electron chi connectivity index (χ2n) is 5.38. The first-order chi connectivity index (χ1) is 12.5. The number of aromatic nitrogens is 2. The van der Waals surface area contributed by atoms with Crippen LogP contribution in [0.25, 0.3) is 0 Å². The van der Waals surface area contributed by atoms with Crippen molar-refractivity contribution in [1.82, 2.24) is 9.97 Å². The molecule has 0 saturated carbocycles. The Hall–Kier alpha value is -3.07. The highest BCUT2D eigenvalue weighted by atomic mass is 79.9. The van der Waals surface area contributed by atoms with Gasteiger partial charge in [-0.05, 0) is 17.7 Å². The molecule has 0 radical (unpaired) electrons. The van der Waals surface area contributed by atoms with Crippen molar-refractivity contribution >= 4 is 33.4 Å². The number of nitro groups is 1. The molecule has 0 aliphatic carbocycles. The van der Waals surface area contributed by atoms with Crippen molar-refractivity contribution in [3.05, 3.63) is 86.3 Å². The monoisotopic (exact) mass is 417 g/mol. The van der Waals surface area contributed by atoms with Crippen LogP contribution in [0.5, 0.6) is 0 Å². The van der Waals surface area contributed by atoms with Gasteiger partial charge >= 0.3 is 5.69 Å². The van der Waals surface area contributed by atoms with Gasteiger partial charge in [-0.1, -0.05) is 52.3 Å². The van der Waals surface area contributed by atoms with Crippen molar-refractivity contribution in [3.63, 3.8) is 0 Å².